The molecule has 0 saturated heterocycles. The Labute approximate surface area is 103 Å². The Morgan fingerprint density at radius 1 is 1.24 bits per heavy atom. The number of nitrogens with two attached hydrogens (primary N) is 2. The van der Waals surface area contributed by atoms with Gasteiger partial charge >= 0.3 is 0 Å². The molecule has 0 amide bonds. The molecule has 0 saturated carbocycles. The highest BCUT2D eigenvalue weighted by Crippen LogP contribution is 2.33. The Bertz CT molecular complexity index is 472. The maximum Gasteiger partial charge on any atom is 0.0637 e. The van der Waals surface area contributed by atoms with E-state index in [2.05, 4.69) is 32.0 Å². The second kappa shape index (κ2) is 4.38. The molecule has 0 radical (unpaired) electrons. The average molecular weight is 228 g/mol. The van der Waals surface area contributed by atoms with Crippen molar-refractivity contribution in [1.82, 2.24) is 0 Å². The number of hydrogen-bond donors (Lipinski definition) is 2. The lowest BCUT2D eigenvalue weighted by Gasteiger charge is -2.31. The summed E-state index contributed by atoms with van der Waals surface area (Å²) >= 11 is 0. The SMILES string of the molecule is CC(C)c1ccccc1C1(N)C=CC(N)=CC1. The minimum absolute atomic E-state index is 0.413. The molecule has 90 valence electrons. The molecular formula is C15H20N2. The molecule has 1 aromatic carbocycles. The Hall–Kier alpha value is -1.54. The van der Waals surface area contributed by atoms with E-state index in [1.807, 2.05) is 24.3 Å². The highest BCUT2D eigenvalue weighted by atomic mass is 14.7. The maximum atomic E-state index is 6.49. The molecule has 1 atom stereocenters. The number of allylic oxidation sites excluding steroid dienone is 1. The molecule has 2 nitrogen and oxygen atoms in total. The van der Waals surface area contributed by atoms with Gasteiger partial charge in [-0.3, -0.25) is 0 Å². The van der Waals surface area contributed by atoms with Crippen LogP contribution >= 0.6 is 0 Å². The van der Waals surface area contributed by atoms with Gasteiger partial charge in [0.15, 0.2) is 0 Å². The largest absolute Gasteiger partial charge is 0.399 e. The lowest BCUT2D eigenvalue weighted by molar-refractivity contribution is 0.551. The summed E-state index contributed by atoms with van der Waals surface area (Å²) in [5.41, 5.74) is 15.1. The fourth-order valence-electron chi connectivity index (χ4n) is 2.29. The van der Waals surface area contributed by atoms with Crippen LogP contribution in [0.1, 0.15) is 37.3 Å². The summed E-state index contributed by atoms with van der Waals surface area (Å²) in [6.07, 6.45) is 6.68. The predicted octanol–water partition coefficient (Wildman–Crippen LogP) is 2.77. The van der Waals surface area contributed by atoms with Crippen LogP contribution in [0, 0.1) is 0 Å². The van der Waals surface area contributed by atoms with Gasteiger partial charge in [0.2, 0.25) is 0 Å². The van der Waals surface area contributed by atoms with E-state index in [1.165, 1.54) is 11.1 Å². The second-order valence-corrected chi connectivity index (χ2v) is 5.02. The van der Waals surface area contributed by atoms with E-state index in [9.17, 15) is 0 Å². The van der Waals surface area contributed by atoms with Crippen molar-refractivity contribution in [2.75, 3.05) is 0 Å². The smallest absolute Gasteiger partial charge is 0.0637 e. The molecule has 1 aliphatic carbocycles. The van der Waals surface area contributed by atoms with E-state index in [-0.39, 0.29) is 0 Å². The molecule has 17 heavy (non-hydrogen) atoms. The molecule has 0 aromatic heterocycles. The van der Waals surface area contributed by atoms with E-state index in [0.717, 1.165) is 12.1 Å². The first-order chi connectivity index (χ1) is 8.03. The summed E-state index contributed by atoms with van der Waals surface area (Å²) in [6.45, 7) is 4.39. The standard InChI is InChI=1S/C15H20N2/c1-11(2)13-5-3-4-6-14(13)15(17)9-7-12(16)8-10-15/h3-9,11H,10,16-17H2,1-2H3. The Kier molecular flexibility index (Phi) is 3.07. The molecule has 0 spiro atoms. The monoisotopic (exact) mass is 228 g/mol. The van der Waals surface area contributed by atoms with Gasteiger partial charge in [0, 0.05) is 5.70 Å². The highest BCUT2D eigenvalue weighted by molar-refractivity contribution is 5.42. The van der Waals surface area contributed by atoms with Crippen LogP contribution in [0.4, 0.5) is 0 Å². The van der Waals surface area contributed by atoms with Gasteiger partial charge in [0.1, 0.15) is 0 Å². The normalized spacial score (nSPS) is 23.9. The maximum absolute atomic E-state index is 6.49. The summed E-state index contributed by atoms with van der Waals surface area (Å²) < 4.78 is 0. The zero-order valence-corrected chi connectivity index (χ0v) is 10.5. The van der Waals surface area contributed by atoms with Crippen molar-refractivity contribution < 1.29 is 0 Å². The van der Waals surface area contributed by atoms with E-state index in [4.69, 9.17) is 11.5 Å². The van der Waals surface area contributed by atoms with Crippen molar-refractivity contribution in [3.63, 3.8) is 0 Å². The molecule has 0 aliphatic heterocycles. The third-order valence-corrected chi connectivity index (χ3v) is 3.33. The van der Waals surface area contributed by atoms with Gasteiger partial charge < -0.3 is 11.5 Å². The van der Waals surface area contributed by atoms with Crippen molar-refractivity contribution in [2.45, 2.75) is 31.7 Å². The lowest BCUT2D eigenvalue weighted by atomic mass is 9.79. The molecule has 0 heterocycles. The summed E-state index contributed by atoms with van der Waals surface area (Å²) in [7, 11) is 0. The molecule has 1 aromatic rings. The Balaban J connectivity index is 2.44. The van der Waals surface area contributed by atoms with Gasteiger partial charge in [-0.2, -0.15) is 0 Å². The van der Waals surface area contributed by atoms with Crippen molar-refractivity contribution in [1.29, 1.82) is 0 Å². The van der Waals surface area contributed by atoms with Crippen LogP contribution in [0.3, 0.4) is 0 Å². The summed E-state index contributed by atoms with van der Waals surface area (Å²) in [5, 5.41) is 0. The summed E-state index contributed by atoms with van der Waals surface area (Å²) in [4.78, 5) is 0. The van der Waals surface area contributed by atoms with E-state index in [0.29, 0.717) is 5.92 Å². The molecule has 4 N–H and O–H groups in total. The first-order valence-electron chi connectivity index (χ1n) is 6.06. The first-order valence-corrected chi connectivity index (χ1v) is 6.06. The molecule has 0 fully saturated rings. The zero-order valence-electron chi connectivity index (χ0n) is 10.5. The van der Waals surface area contributed by atoms with Crippen LogP contribution in [0.5, 0.6) is 0 Å². The minimum atomic E-state index is -0.413. The van der Waals surface area contributed by atoms with Crippen LogP contribution in [0.2, 0.25) is 0 Å². The molecule has 1 aliphatic rings. The van der Waals surface area contributed by atoms with Crippen molar-refractivity contribution in [3.05, 3.63) is 59.3 Å². The topological polar surface area (TPSA) is 52.0 Å². The van der Waals surface area contributed by atoms with Gasteiger partial charge in [0.25, 0.3) is 0 Å². The average Bonchev–Trinajstić information content (AvgIpc) is 2.33. The molecule has 1 unspecified atom stereocenters. The Morgan fingerprint density at radius 2 is 1.94 bits per heavy atom. The van der Waals surface area contributed by atoms with Crippen LogP contribution in [0.25, 0.3) is 0 Å². The van der Waals surface area contributed by atoms with E-state index in [1.54, 1.807) is 0 Å². The predicted molar refractivity (Wildman–Crippen MR) is 72.4 cm³/mol. The fraction of sp³-hybridized carbons (Fsp3) is 0.333. The summed E-state index contributed by atoms with van der Waals surface area (Å²) in [6, 6.07) is 8.39. The second-order valence-electron chi connectivity index (χ2n) is 5.02. The van der Waals surface area contributed by atoms with Crippen LogP contribution in [-0.2, 0) is 5.54 Å². The number of rotatable bonds is 2. The van der Waals surface area contributed by atoms with Gasteiger partial charge in [-0.1, -0.05) is 50.3 Å². The molecular weight excluding hydrogens is 208 g/mol. The number of benzene rings is 1. The van der Waals surface area contributed by atoms with Crippen LogP contribution < -0.4 is 11.5 Å². The lowest BCUT2D eigenvalue weighted by Crippen LogP contribution is -2.36. The fourth-order valence-corrected chi connectivity index (χ4v) is 2.29. The first kappa shape index (κ1) is 11.9. The minimum Gasteiger partial charge on any atom is -0.399 e. The summed E-state index contributed by atoms with van der Waals surface area (Å²) in [5.74, 6) is 0.475. The van der Waals surface area contributed by atoms with Gasteiger partial charge in [-0.25, -0.2) is 0 Å². The zero-order chi connectivity index (χ0) is 12.5. The van der Waals surface area contributed by atoms with E-state index >= 15 is 0 Å². The third kappa shape index (κ3) is 2.27. The Morgan fingerprint density at radius 3 is 2.53 bits per heavy atom. The van der Waals surface area contributed by atoms with Crippen molar-refractivity contribution in [3.8, 4) is 0 Å². The van der Waals surface area contributed by atoms with E-state index < -0.39 is 5.54 Å². The van der Waals surface area contributed by atoms with Gasteiger partial charge in [-0.05, 0) is 29.5 Å². The van der Waals surface area contributed by atoms with Gasteiger partial charge in [-0.15, -0.1) is 0 Å². The van der Waals surface area contributed by atoms with Gasteiger partial charge in [0.05, 0.1) is 5.54 Å². The third-order valence-electron chi connectivity index (χ3n) is 3.33. The quantitative estimate of drug-likeness (QED) is 0.817. The molecule has 2 rings (SSSR count). The van der Waals surface area contributed by atoms with Crippen molar-refractivity contribution in [2.24, 2.45) is 11.5 Å². The molecule has 0 bridgehead atoms. The van der Waals surface area contributed by atoms with Crippen LogP contribution in [-0.4, -0.2) is 0 Å². The van der Waals surface area contributed by atoms with Crippen LogP contribution in [0.15, 0.2) is 48.2 Å². The number of hydrogen-bond acceptors (Lipinski definition) is 2. The van der Waals surface area contributed by atoms with Crippen molar-refractivity contribution >= 4 is 0 Å². The highest BCUT2D eigenvalue weighted by Gasteiger charge is 2.28. The molecule has 2 heteroatoms.